The van der Waals surface area contributed by atoms with E-state index in [9.17, 15) is 4.79 Å². The second-order valence-electron chi connectivity index (χ2n) is 10.1. The zero-order valence-electron chi connectivity index (χ0n) is 23.6. The van der Waals surface area contributed by atoms with Crippen LogP contribution >= 0.6 is 0 Å². The van der Waals surface area contributed by atoms with Gasteiger partial charge in [-0.05, 0) is 54.4 Å². The van der Waals surface area contributed by atoms with Gasteiger partial charge < -0.3 is 24.9 Å². The Labute approximate surface area is 246 Å². The molecule has 1 amide bonds. The molecule has 0 spiro atoms. The zero-order valence-corrected chi connectivity index (χ0v) is 23.6. The minimum absolute atomic E-state index is 0.0670. The highest BCUT2D eigenvalue weighted by Gasteiger charge is 2.17. The number of fused-ring (bicyclic) bond motifs is 2. The Morgan fingerprint density at radius 3 is 2.44 bits per heavy atom. The van der Waals surface area contributed by atoms with E-state index in [0.29, 0.717) is 45.5 Å². The van der Waals surface area contributed by atoms with Crippen LogP contribution in [0.25, 0.3) is 32.9 Å². The van der Waals surface area contributed by atoms with Crippen molar-refractivity contribution in [3.05, 3.63) is 103 Å². The number of nitrogens with zero attached hydrogens (tertiary/aromatic N) is 3. The van der Waals surface area contributed by atoms with Gasteiger partial charge in [-0.25, -0.2) is 18.9 Å². The predicted molar refractivity (Wildman–Crippen MR) is 160 cm³/mol. The summed E-state index contributed by atoms with van der Waals surface area (Å²) in [6, 6.07) is 19.8. The quantitative estimate of drug-likeness (QED) is 0.155. The molecule has 9 nitrogen and oxygen atoms in total. The molecule has 3 N–H and O–H groups in total. The van der Waals surface area contributed by atoms with E-state index in [1.165, 1.54) is 6.33 Å². The third kappa shape index (κ3) is 5.80. The SMILES string of the molecule is COc1cc2c(Oc3ccc4[nH]c(C)cc4c3F)ncnc2cc1OCCC[n+]1ccc(-c2ccc(C(N)=O)cc2)cc1. The molecule has 6 aromatic rings. The summed E-state index contributed by atoms with van der Waals surface area (Å²) in [5.74, 6) is 0.396. The number of aromatic nitrogens is 4. The molecular formula is C33H29FN5O4+. The van der Waals surface area contributed by atoms with Gasteiger partial charge in [-0.2, -0.15) is 0 Å². The van der Waals surface area contributed by atoms with Crippen LogP contribution in [0.5, 0.6) is 23.1 Å². The maximum Gasteiger partial charge on any atom is 0.248 e. The maximum atomic E-state index is 15.2. The Bertz CT molecular complexity index is 1940. The first-order valence-corrected chi connectivity index (χ1v) is 13.7. The van der Waals surface area contributed by atoms with Crippen LogP contribution in [0.2, 0.25) is 0 Å². The van der Waals surface area contributed by atoms with Crippen molar-refractivity contribution in [2.75, 3.05) is 13.7 Å². The molecule has 6 rings (SSSR count). The molecule has 0 saturated heterocycles. The number of carbonyl (C=O) groups is 1. The lowest BCUT2D eigenvalue weighted by Gasteiger charge is -2.13. The topological polar surface area (TPSA) is 116 Å². The highest BCUT2D eigenvalue weighted by atomic mass is 19.1. The summed E-state index contributed by atoms with van der Waals surface area (Å²) >= 11 is 0. The van der Waals surface area contributed by atoms with Crippen LogP contribution in [0.3, 0.4) is 0 Å². The van der Waals surface area contributed by atoms with Crippen molar-refractivity contribution < 1.29 is 28.0 Å². The largest absolute Gasteiger partial charge is 0.493 e. The third-order valence-corrected chi connectivity index (χ3v) is 7.14. The fraction of sp³-hybridized carbons (Fsp3) is 0.152. The van der Waals surface area contributed by atoms with E-state index in [4.69, 9.17) is 19.9 Å². The molecule has 216 valence electrons. The average Bonchev–Trinajstić information content (AvgIpc) is 3.42. The van der Waals surface area contributed by atoms with Crippen LogP contribution in [0.4, 0.5) is 4.39 Å². The zero-order chi connectivity index (χ0) is 29.9. The lowest BCUT2D eigenvalue weighted by Crippen LogP contribution is -2.33. The normalized spacial score (nSPS) is 11.1. The number of amides is 1. The Kier molecular flexibility index (Phi) is 7.57. The number of aryl methyl sites for hydroxylation is 2. The van der Waals surface area contributed by atoms with Gasteiger partial charge in [0.1, 0.15) is 6.33 Å². The van der Waals surface area contributed by atoms with Crippen LogP contribution in [-0.2, 0) is 6.54 Å². The average molecular weight is 579 g/mol. The molecule has 0 unspecified atom stereocenters. The smallest absolute Gasteiger partial charge is 0.248 e. The highest BCUT2D eigenvalue weighted by Crippen LogP contribution is 2.37. The van der Waals surface area contributed by atoms with Gasteiger partial charge in [0.05, 0.1) is 24.6 Å². The second-order valence-corrected chi connectivity index (χ2v) is 10.1. The lowest BCUT2D eigenvalue weighted by molar-refractivity contribution is -0.697. The molecule has 43 heavy (non-hydrogen) atoms. The van der Waals surface area contributed by atoms with Crippen molar-refractivity contribution in [3.8, 4) is 34.3 Å². The maximum absolute atomic E-state index is 15.2. The summed E-state index contributed by atoms with van der Waals surface area (Å²) in [6.45, 7) is 3.06. The summed E-state index contributed by atoms with van der Waals surface area (Å²) in [5.41, 5.74) is 9.98. The molecule has 0 saturated carbocycles. The number of hydrogen-bond donors (Lipinski definition) is 2. The number of H-pyrrole nitrogens is 1. The van der Waals surface area contributed by atoms with Crippen LogP contribution in [0.1, 0.15) is 22.5 Å². The van der Waals surface area contributed by atoms with Gasteiger partial charge in [-0.3, -0.25) is 4.79 Å². The van der Waals surface area contributed by atoms with Gasteiger partial charge >= 0.3 is 0 Å². The van der Waals surface area contributed by atoms with Crippen molar-refractivity contribution in [1.82, 2.24) is 15.0 Å². The second kappa shape index (κ2) is 11.8. The number of pyridine rings is 1. The number of nitrogens with two attached hydrogens (primary N) is 1. The summed E-state index contributed by atoms with van der Waals surface area (Å²) < 4.78 is 34.8. The van der Waals surface area contributed by atoms with Crippen LogP contribution in [0.15, 0.2) is 85.5 Å². The molecule has 0 atom stereocenters. The fourth-order valence-electron chi connectivity index (χ4n) is 4.92. The van der Waals surface area contributed by atoms with Crippen molar-refractivity contribution in [2.24, 2.45) is 5.73 Å². The molecule has 3 aromatic carbocycles. The van der Waals surface area contributed by atoms with E-state index >= 15 is 4.39 Å². The third-order valence-electron chi connectivity index (χ3n) is 7.14. The number of hydrogen-bond acceptors (Lipinski definition) is 6. The number of carbonyl (C=O) groups excluding carboxylic acids is 1. The number of primary amides is 1. The minimum atomic E-state index is -0.466. The van der Waals surface area contributed by atoms with E-state index in [1.807, 2.05) is 43.6 Å². The molecular weight excluding hydrogens is 549 g/mol. The number of aromatic amines is 1. The van der Waals surface area contributed by atoms with Crippen molar-refractivity contribution in [3.63, 3.8) is 0 Å². The molecule has 3 heterocycles. The monoisotopic (exact) mass is 578 g/mol. The number of rotatable bonds is 10. The summed E-state index contributed by atoms with van der Waals surface area (Å²) in [5, 5.41) is 1.02. The number of ether oxygens (including phenoxy) is 3. The number of nitrogens with one attached hydrogen (secondary N) is 1. The molecule has 0 fully saturated rings. The van der Waals surface area contributed by atoms with Gasteiger partial charge in [-0.15, -0.1) is 0 Å². The molecule has 10 heteroatoms. The molecule has 0 bridgehead atoms. The summed E-state index contributed by atoms with van der Waals surface area (Å²) in [7, 11) is 1.55. The highest BCUT2D eigenvalue weighted by molar-refractivity contribution is 5.93. The molecule has 0 aliphatic rings. The van der Waals surface area contributed by atoms with Gasteiger partial charge in [0.15, 0.2) is 42.0 Å². The Morgan fingerprint density at radius 2 is 1.70 bits per heavy atom. The first kappa shape index (κ1) is 27.6. The van der Waals surface area contributed by atoms with E-state index in [0.717, 1.165) is 29.8 Å². The van der Waals surface area contributed by atoms with Crippen molar-refractivity contribution in [2.45, 2.75) is 19.9 Å². The number of halogens is 1. The van der Waals surface area contributed by atoms with Gasteiger partial charge in [0.2, 0.25) is 11.8 Å². The van der Waals surface area contributed by atoms with Crippen LogP contribution in [-0.4, -0.2) is 34.6 Å². The van der Waals surface area contributed by atoms with Gasteiger partial charge in [-0.1, -0.05) is 12.1 Å². The standard InChI is InChI=1S/C33H28FN5O4/c1-20-16-24-26(38-20)8-9-28(31(24)34)43-33-25-17-29(41-2)30(18-27(25)36-19-37-33)42-15-3-12-39-13-10-22(11-14-39)21-4-6-23(7-5-21)32(35)40/h4-11,13-14,16-19,38H,3,12,15H2,1-2H3,(H-,35,40)/p+1. The van der Waals surface area contributed by atoms with Crippen LogP contribution < -0.4 is 24.5 Å². The van der Waals surface area contributed by atoms with E-state index < -0.39 is 11.7 Å². The van der Waals surface area contributed by atoms with E-state index in [-0.39, 0.29) is 11.6 Å². The number of methoxy groups -OCH3 is 1. The molecule has 0 radical (unpaired) electrons. The molecule has 0 aliphatic carbocycles. The minimum Gasteiger partial charge on any atom is -0.493 e. The molecule has 3 aromatic heterocycles. The van der Waals surface area contributed by atoms with E-state index in [1.54, 1.807) is 49.6 Å². The van der Waals surface area contributed by atoms with Crippen molar-refractivity contribution in [1.29, 1.82) is 0 Å². The number of benzene rings is 3. The first-order valence-electron chi connectivity index (χ1n) is 13.7. The Morgan fingerprint density at radius 1 is 0.930 bits per heavy atom. The lowest BCUT2D eigenvalue weighted by atomic mass is 10.1. The van der Waals surface area contributed by atoms with Gasteiger partial charge in [0.25, 0.3) is 0 Å². The van der Waals surface area contributed by atoms with Crippen LogP contribution in [0, 0.1) is 12.7 Å². The van der Waals surface area contributed by atoms with Gasteiger partial charge in [0, 0.05) is 46.8 Å². The van der Waals surface area contributed by atoms with Crippen molar-refractivity contribution >= 4 is 27.7 Å². The first-order chi connectivity index (χ1) is 20.9. The summed E-state index contributed by atoms with van der Waals surface area (Å²) in [4.78, 5) is 23.0. The molecule has 0 aliphatic heterocycles. The van der Waals surface area contributed by atoms with E-state index in [2.05, 4.69) is 19.5 Å². The Balaban J connectivity index is 1.12. The Hall–Kier alpha value is -5.51. The summed E-state index contributed by atoms with van der Waals surface area (Å²) in [6.07, 6.45) is 6.13. The fourth-order valence-corrected chi connectivity index (χ4v) is 4.92. The predicted octanol–water partition coefficient (Wildman–Crippen LogP) is 5.88.